The molecule has 0 unspecified atom stereocenters. The maximum atomic E-state index is 12.4. The van der Waals surface area contributed by atoms with Crippen LogP contribution in [-0.4, -0.2) is 30.6 Å². The number of ether oxygens (including phenoxy) is 3. The summed E-state index contributed by atoms with van der Waals surface area (Å²) in [5.74, 6) is 0.799. The van der Waals surface area contributed by atoms with Crippen molar-refractivity contribution < 1.29 is 23.8 Å². The topological polar surface area (TPSA) is 86.8 Å². The standard InChI is InChI=1S/C25H20N2O5S/c1-30-19-12-10-17(11-13-19)22-16-33-25(26-22)27-23(28)15-31-24(29)18-6-5-9-21(14-18)32-20-7-3-2-4-8-20/h2-14,16H,15H2,1H3,(H,26,27,28). The van der Waals surface area contributed by atoms with E-state index < -0.39 is 18.5 Å². The first-order valence-corrected chi connectivity index (χ1v) is 10.9. The van der Waals surface area contributed by atoms with Gasteiger partial charge in [-0.15, -0.1) is 11.3 Å². The summed E-state index contributed by atoms with van der Waals surface area (Å²) in [6.07, 6.45) is 0. The van der Waals surface area contributed by atoms with Crippen molar-refractivity contribution in [1.82, 2.24) is 4.98 Å². The third kappa shape index (κ3) is 5.96. The molecule has 8 heteroatoms. The average molecular weight is 461 g/mol. The SMILES string of the molecule is COc1ccc(-c2csc(NC(=O)COC(=O)c3cccc(Oc4ccccc4)c3)n2)cc1. The van der Waals surface area contributed by atoms with Crippen molar-refractivity contribution in [1.29, 1.82) is 0 Å². The second kappa shape index (κ2) is 10.4. The fourth-order valence-corrected chi connectivity index (χ4v) is 3.64. The van der Waals surface area contributed by atoms with Gasteiger partial charge in [0.1, 0.15) is 17.2 Å². The zero-order chi connectivity index (χ0) is 23.0. The molecule has 0 aliphatic carbocycles. The van der Waals surface area contributed by atoms with Gasteiger partial charge in [0.05, 0.1) is 18.4 Å². The van der Waals surface area contributed by atoms with Crippen LogP contribution in [0.25, 0.3) is 11.3 Å². The van der Waals surface area contributed by atoms with E-state index in [-0.39, 0.29) is 5.56 Å². The zero-order valence-electron chi connectivity index (χ0n) is 17.7. The van der Waals surface area contributed by atoms with Gasteiger partial charge < -0.3 is 14.2 Å². The van der Waals surface area contributed by atoms with E-state index in [4.69, 9.17) is 14.2 Å². The van der Waals surface area contributed by atoms with Gasteiger partial charge in [0.15, 0.2) is 11.7 Å². The highest BCUT2D eigenvalue weighted by atomic mass is 32.1. The molecule has 0 aliphatic heterocycles. The van der Waals surface area contributed by atoms with Crippen molar-refractivity contribution in [3.63, 3.8) is 0 Å². The Morgan fingerprint density at radius 2 is 1.67 bits per heavy atom. The van der Waals surface area contributed by atoms with Gasteiger partial charge in [-0.3, -0.25) is 10.1 Å². The molecule has 4 rings (SSSR count). The second-order valence-corrected chi connectivity index (χ2v) is 7.69. The Morgan fingerprint density at radius 1 is 0.909 bits per heavy atom. The number of nitrogens with one attached hydrogen (secondary N) is 1. The molecule has 0 aliphatic rings. The molecule has 0 saturated carbocycles. The normalized spacial score (nSPS) is 10.3. The number of carbonyl (C=O) groups is 2. The minimum atomic E-state index is -0.623. The van der Waals surface area contributed by atoms with Gasteiger partial charge in [-0.1, -0.05) is 24.3 Å². The Bertz CT molecular complexity index is 1240. The van der Waals surface area contributed by atoms with Crippen molar-refractivity contribution in [3.05, 3.63) is 89.8 Å². The third-order valence-electron chi connectivity index (χ3n) is 4.52. The van der Waals surface area contributed by atoms with Crippen LogP contribution < -0.4 is 14.8 Å². The number of anilines is 1. The lowest BCUT2D eigenvalue weighted by Crippen LogP contribution is -2.20. The molecule has 0 fully saturated rings. The number of thiazole rings is 1. The highest BCUT2D eigenvalue weighted by Crippen LogP contribution is 2.26. The van der Waals surface area contributed by atoms with E-state index in [1.807, 2.05) is 60.0 Å². The minimum absolute atomic E-state index is 0.285. The molecule has 1 N–H and O–H groups in total. The molecule has 0 atom stereocenters. The smallest absolute Gasteiger partial charge is 0.338 e. The first-order valence-electron chi connectivity index (χ1n) is 10.0. The van der Waals surface area contributed by atoms with Crippen LogP contribution in [0.4, 0.5) is 5.13 Å². The molecule has 0 spiro atoms. The predicted molar refractivity (Wildman–Crippen MR) is 126 cm³/mol. The Labute approximate surface area is 194 Å². The number of benzene rings is 3. The predicted octanol–water partition coefficient (Wildman–Crippen LogP) is 5.41. The van der Waals surface area contributed by atoms with Crippen LogP contribution in [0.1, 0.15) is 10.4 Å². The van der Waals surface area contributed by atoms with E-state index in [2.05, 4.69) is 10.3 Å². The van der Waals surface area contributed by atoms with Crippen molar-refractivity contribution in [2.24, 2.45) is 0 Å². The van der Waals surface area contributed by atoms with Crippen LogP contribution in [0, 0.1) is 0 Å². The summed E-state index contributed by atoms with van der Waals surface area (Å²) < 4.78 is 16.0. The Morgan fingerprint density at radius 3 is 2.42 bits per heavy atom. The van der Waals surface area contributed by atoms with Crippen LogP contribution in [0.15, 0.2) is 84.2 Å². The largest absolute Gasteiger partial charge is 0.497 e. The van der Waals surface area contributed by atoms with E-state index in [1.165, 1.54) is 11.3 Å². The number of para-hydroxylation sites is 1. The highest BCUT2D eigenvalue weighted by molar-refractivity contribution is 7.14. The molecule has 33 heavy (non-hydrogen) atoms. The van der Waals surface area contributed by atoms with Gasteiger partial charge in [-0.25, -0.2) is 9.78 Å². The van der Waals surface area contributed by atoms with Crippen LogP contribution in [0.3, 0.4) is 0 Å². The number of aromatic nitrogens is 1. The molecule has 7 nitrogen and oxygen atoms in total. The average Bonchev–Trinajstić information content (AvgIpc) is 3.32. The number of amides is 1. The summed E-state index contributed by atoms with van der Waals surface area (Å²) >= 11 is 1.28. The van der Waals surface area contributed by atoms with E-state index >= 15 is 0 Å². The molecule has 0 bridgehead atoms. The van der Waals surface area contributed by atoms with Crippen LogP contribution in [0.5, 0.6) is 17.2 Å². The van der Waals surface area contributed by atoms with Gasteiger partial charge >= 0.3 is 5.97 Å². The first-order chi connectivity index (χ1) is 16.1. The Hall–Kier alpha value is -4.17. The van der Waals surface area contributed by atoms with Crippen molar-refractivity contribution in [2.45, 2.75) is 0 Å². The Balaban J connectivity index is 1.30. The second-order valence-electron chi connectivity index (χ2n) is 6.83. The summed E-state index contributed by atoms with van der Waals surface area (Å²) in [6.45, 7) is -0.431. The molecule has 1 aromatic heterocycles. The van der Waals surface area contributed by atoms with Crippen molar-refractivity contribution in [2.75, 3.05) is 19.0 Å². The molecule has 4 aromatic rings. The molecule has 3 aromatic carbocycles. The summed E-state index contributed by atoms with van der Waals surface area (Å²) in [4.78, 5) is 29.0. The van der Waals surface area contributed by atoms with Gasteiger partial charge in [0, 0.05) is 10.9 Å². The molecule has 0 saturated heterocycles. The molecule has 1 heterocycles. The van der Waals surface area contributed by atoms with E-state index in [9.17, 15) is 9.59 Å². The minimum Gasteiger partial charge on any atom is -0.497 e. The van der Waals surface area contributed by atoms with E-state index in [0.717, 1.165) is 17.0 Å². The summed E-state index contributed by atoms with van der Waals surface area (Å²) in [7, 11) is 1.60. The monoisotopic (exact) mass is 460 g/mol. The number of rotatable bonds is 8. The summed E-state index contributed by atoms with van der Waals surface area (Å²) in [6, 6.07) is 23.3. The summed E-state index contributed by atoms with van der Waals surface area (Å²) in [5, 5.41) is 4.90. The number of hydrogen-bond acceptors (Lipinski definition) is 7. The lowest BCUT2D eigenvalue weighted by atomic mass is 10.2. The highest BCUT2D eigenvalue weighted by Gasteiger charge is 2.13. The molecular weight excluding hydrogens is 440 g/mol. The summed E-state index contributed by atoms with van der Waals surface area (Å²) in [5.41, 5.74) is 1.91. The molecule has 0 radical (unpaired) electrons. The number of methoxy groups -OCH3 is 1. The van der Waals surface area contributed by atoms with E-state index in [0.29, 0.717) is 16.6 Å². The number of nitrogens with zero attached hydrogens (tertiary/aromatic N) is 1. The zero-order valence-corrected chi connectivity index (χ0v) is 18.5. The van der Waals surface area contributed by atoms with E-state index in [1.54, 1.807) is 31.4 Å². The number of esters is 1. The van der Waals surface area contributed by atoms with Crippen LogP contribution in [0.2, 0.25) is 0 Å². The lowest BCUT2D eigenvalue weighted by molar-refractivity contribution is -0.119. The van der Waals surface area contributed by atoms with Crippen molar-refractivity contribution >= 4 is 28.3 Å². The van der Waals surface area contributed by atoms with Gasteiger partial charge in [0.25, 0.3) is 5.91 Å². The molecule has 166 valence electrons. The van der Waals surface area contributed by atoms with Crippen LogP contribution >= 0.6 is 11.3 Å². The maximum Gasteiger partial charge on any atom is 0.338 e. The first kappa shape index (κ1) is 22.0. The quantitative estimate of drug-likeness (QED) is 0.354. The van der Waals surface area contributed by atoms with Gasteiger partial charge in [-0.2, -0.15) is 0 Å². The fraction of sp³-hybridized carbons (Fsp3) is 0.0800. The fourth-order valence-electron chi connectivity index (χ4n) is 2.91. The van der Waals surface area contributed by atoms with Crippen LogP contribution in [-0.2, 0) is 9.53 Å². The van der Waals surface area contributed by atoms with Gasteiger partial charge in [-0.05, 0) is 54.6 Å². The molecule has 1 amide bonds. The third-order valence-corrected chi connectivity index (χ3v) is 5.28. The van der Waals surface area contributed by atoms with Crippen molar-refractivity contribution in [3.8, 4) is 28.5 Å². The lowest BCUT2D eigenvalue weighted by Gasteiger charge is -2.08. The Kier molecular flexibility index (Phi) is 6.96. The van der Waals surface area contributed by atoms with Gasteiger partial charge in [0.2, 0.25) is 0 Å². The number of hydrogen-bond donors (Lipinski definition) is 1. The molecular formula is C25H20N2O5S. The number of carbonyl (C=O) groups excluding carboxylic acids is 2. The maximum absolute atomic E-state index is 12.4.